The molecule has 0 aliphatic rings. The van der Waals surface area contributed by atoms with Crippen LogP contribution in [0.15, 0.2) is 85.2 Å². The van der Waals surface area contributed by atoms with Gasteiger partial charge in [-0.3, -0.25) is 9.48 Å². The lowest BCUT2D eigenvalue weighted by molar-refractivity contribution is 0.102. The van der Waals surface area contributed by atoms with E-state index in [4.69, 9.17) is 16.3 Å². The van der Waals surface area contributed by atoms with Crippen molar-refractivity contribution in [3.63, 3.8) is 0 Å². The van der Waals surface area contributed by atoms with Gasteiger partial charge in [0.2, 0.25) is 0 Å². The Balaban J connectivity index is 1.33. The van der Waals surface area contributed by atoms with Crippen LogP contribution in [0, 0.1) is 6.92 Å². The summed E-state index contributed by atoms with van der Waals surface area (Å²) in [6.07, 6.45) is 3.49. The average Bonchev–Trinajstić information content (AvgIpc) is 3.21. The number of ether oxygens (including phenoxy) is 1. The summed E-state index contributed by atoms with van der Waals surface area (Å²) >= 11 is 5.97. The first kappa shape index (κ1) is 20.7. The minimum atomic E-state index is -0.183. The molecule has 0 atom stereocenters. The van der Waals surface area contributed by atoms with E-state index < -0.39 is 0 Å². The predicted octanol–water partition coefficient (Wildman–Crippen LogP) is 5.72. The number of nitrogens with one attached hydrogen (secondary N) is 1. The van der Waals surface area contributed by atoms with Gasteiger partial charge in [-0.05, 0) is 53.9 Å². The maximum atomic E-state index is 12.6. The topological polar surface area (TPSA) is 56.2 Å². The van der Waals surface area contributed by atoms with E-state index in [2.05, 4.69) is 29.5 Å². The summed E-state index contributed by atoms with van der Waals surface area (Å²) < 4.78 is 7.55. The van der Waals surface area contributed by atoms with Crippen LogP contribution < -0.4 is 10.1 Å². The number of aryl methyl sites for hydroxylation is 1. The van der Waals surface area contributed by atoms with Crippen molar-refractivity contribution in [2.75, 3.05) is 5.32 Å². The van der Waals surface area contributed by atoms with Crippen molar-refractivity contribution >= 4 is 23.2 Å². The molecule has 0 spiro atoms. The monoisotopic (exact) mass is 431 g/mol. The molecule has 0 aliphatic carbocycles. The Labute approximate surface area is 186 Å². The second-order valence-electron chi connectivity index (χ2n) is 7.25. The summed E-state index contributed by atoms with van der Waals surface area (Å²) in [6, 6.07) is 22.8. The van der Waals surface area contributed by atoms with Crippen LogP contribution in [-0.2, 0) is 13.2 Å². The van der Waals surface area contributed by atoms with E-state index in [1.54, 1.807) is 30.5 Å². The predicted molar refractivity (Wildman–Crippen MR) is 123 cm³/mol. The Bertz CT molecular complexity index is 1190. The van der Waals surface area contributed by atoms with Crippen LogP contribution in [0.2, 0.25) is 5.02 Å². The van der Waals surface area contributed by atoms with Crippen molar-refractivity contribution < 1.29 is 9.53 Å². The van der Waals surface area contributed by atoms with Crippen LogP contribution in [-0.4, -0.2) is 15.7 Å². The highest BCUT2D eigenvalue weighted by Crippen LogP contribution is 2.19. The highest BCUT2D eigenvalue weighted by molar-refractivity contribution is 6.30. The third-order valence-corrected chi connectivity index (χ3v) is 5.14. The maximum Gasteiger partial charge on any atom is 0.255 e. The molecule has 6 heteroatoms. The quantitative estimate of drug-likeness (QED) is 0.407. The van der Waals surface area contributed by atoms with E-state index >= 15 is 0 Å². The molecule has 4 aromatic rings. The van der Waals surface area contributed by atoms with E-state index in [0.29, 0.717) is 35.2 Å². The van der Waals surface area contributed by atoms with Crippen LogP contribution in [0.4, 0.5) is 5.69 Å². The van der Waals surface area contributed by atoms with Crippen molar-refractivity contribution in [3.05, 3.63) is 112 Å². The third kappa shape index (κ3) is 5.53. The molecule has 1 amide bonds. The summed E-state index contributed by atoms with van der Waals surface area (Å²) in [5.41, 5.74) is 4.59. The van der Waals surface area contributed by atoms with Gasteiger partial charge in [0.25, 0.3) is 5.91 Å². The zero-order valence-electron chi connectivity index (χ0n) is 17.1. The Morgan fingerprint density at radius 3 is 2.65 bits per heavy atom. The molecule has 1 heterocycles. The highest BCUT2D eigenvalue weighted by Gasteiger charge is 2.09. The Hall–Kier alpha value is -3.57. The fourth-order valence-electron chi connectivity index (χ4n) is 3.16. The van der Waals surface area contributed by atoms with Gasteiger partial charge in [0.15, 0.2) is 0 Å². The summed E-state index contributed by atoms with van der Waals surface area (Å²) in [5, 5.41) is 7.87. The minimum Gasteiger partial charge on any atom is -0.489 e. The fourth-order valence-corrected chi connectivity index (χ4v) is 3.34. The van der Waals surface area contributed by atoms with Crippen LogP contribution in [0.25, 0.3) is 0 Å². The maximum absolute atomic E-state index is 12.6. The number of aromatic nitrogens is 2. The van der Waals surface area contributed by atoms with E-state index in [0.717, 1.165) is 5.56 Å². The number of hydrogen-bond acceptors (Lipinski definition) is 3. The van der Waals surface area contributed by atoms with Gasteiger partial charge in [-0.2, -0.15) is 5.10 Å². The largest absolute Gasteiger partial charge is 0.489 e. The molecule has 0 aliphatic heterocycles. The van der Waals surface area contributed by atoms with Crippen LogP contribution >= 0.6 is 11.6 Å². The molecular formula is C25H22ClN3O2. The van der Waals surface area contributed by atoms with Gasteiger partial charge in [0, 0.05) is 16.8 Å². The van der Waals surface area contributed by atoms with Gasteiger partial charge in [-0.1, -0.05) is 54.1 Å². The second-order valence-corrected chi connectivity index (χ2v) is 7.69. The number of carbonyl (C=O) groups excluding carboxylic acids is 1. The molecule has 3 aromatic carbocycles. The van der Waals surface area contributed by atoms with E-state index in [9.17, 15) is 4.79 Å². The number of amides is 1. The van der Waals surface area contributed by atoms with Crippen LogP contribution in [0.3, 0.4) is 0 Å². The lowest BCUT2D eigenvalue weighted by Crippen LogP contribution is -2.11. The fraction of sp³-hybridized carbons (Fsp3) is 0.120. The van der Waals surface area contributed by atoms with E-state index in [1.807, 2.05) is 47.3 Å². The first-order chi connectivity index (χ1) is 15.1. The summed E-state index contributed by atoms with van der Waals surface area (Å²) in [7, 11) is 0. The second kappa shape index (κ2) is 9.49. The SMILES string of the molecule is Cc1ccccc1Cn1cc(NC(=O)c2ccc(COc3cccc(Cl)c3)cc2)cn1. The minimum absolute atomic E-state index is 0.183. The number of carbonyl (C=O) groups is 1. The van der Waals surface area contributed by atoms with Gasteiger partial charge in [0.05, 0.1) is 18.4 Å². The molecule has 0 fully saturated rings. The highest BCUT2D eigenvalue weighted by atomic mass is 35.5. The van der Waals surface area contributed by atoms with Crippen molar-refractivity contribution in [2.24, 2.45) is 0 Å². The van der Waals surface area contributed by atoms with Gasteiger partial charge < -0.3 is 10.1 Å². The zero-order chi connectivity index (χ0) is 21.6. The smallest absolute Gasteiger partial charge is 0.255 e. The Morgan fingerprint density at radius 1 is 1.06 bits per heavy atom. The molecule has 156 valence electrons. The van der Waals surface area contributed by atoms with E-state index in [1.165, 1.54) is 11.1 Å². The lowest BCUT2D eigenvalue weighted by atomic mass is 10.1. The average molecular weight is 432 g/mol. The molecule has 1 N–H and O–H groups in total. The van der Waals surface area contributed by atoms with Crippen LogP contribution in [0.5, 0.6) is 5.75 Å². The molecule has 5 nitrogen and oxygen atoms in total. The molecule has 0 saturated heterocycles. The van der Waals surface area contributed by atoms with Gasteiger partial charge >= 0.3 is 0 Å². The molecule has 0 unspecified atom stereocenters. The zero-order valence-corrected chi connectivity index (χ0v) is 17.8. The number of nitrogens with zero attached hydrogens (tertiary/aromatic N) is 2. The van der Waals surface area contributed by atoms with Crippen molar-refractivity contribution in [1.82, 2.24) is 9.78 Å². The van der Waals surface area contributed by atoms with Gasteiger partial charge in [-0.25, -0.2) is 0 Å². The standard InChI is InChI=1S/C25H22ClN3O2/c1-18-5-2-3-6-21(18)15-29-16-23(14-27-29)28-25(30)20-11-9-19(10-12-20)17-31-24-8-4-7-22(26)13-24/h2-14,16H,15,17H2,1H3,(H,28,30). The normalized spacial score (nSPS) is 10.6. The summed E-state index contributed by atoms with van der Waals surface area (Å²) in [5.74, 6) is 0.523. The number of anilines is 1. The molecule has 0 bridgehead atoms. The molecule has 0 radical (unpaired) electrons. The summed E-state index contributed by atoms with van der Waals surface area (Å²) in [6.45, 7) is 3.13. The van der Waals surface area contributed by atoms with Crippen molar-refractivity contribution in [3.8, 4) is 5.75 Å². The van der Waals surface area contributed by atoms with Gasteiger partial charge in [-0.15, -0.1) is 0 Å². The van der Waals surface area contributed by atoms with Crippen molar-refractivity contribution in [2.45, 2.75) is 20.1 Å². The number of hydrogen-bond donors (Lipinski definition) is 1. The first-order valence-electron chi connectivity index (χ1n) is 9.92. The molecule has 4 rings (SSSR count). The van der Waals surface area contributed by atoms with Crippen LogP contribution in [0.1, 0.15) is 27.0 Å². The number of rotatable bonds is 7. The van der Waals surface area contributed by atoms with E-state index in [-0.39, 0.29) is 5.91 Å². The lowest BCUT2D eigenvalue weighted by Gasteiger charge is -2.08. The molecular weight excluding hydrogens is 410 g/mol. The Kier molecular flexibility index (Phi) is 6.34. The number of halogens is 1. The Morgan fingerprint density at radius 2 is 1.87 bits per heavy atom. The van der Waals surface area contributed by atoms with Gasteiger partial charge in [0.1, 0.15) is 12.4 Å². The summed E-state index contributed by atoms with van der Waals surface area (Å²) in [4.78, 5) is 12.6. The molecule has 0 saturated carbocycles. The first-order valence-corrected chi connectivity index (χ1v) is 10.3. The third-order valence-electron chi connectivity index (χ3n) is 4.90. The number of benzene rings is 3. The molecule has 1 aromatic heterocycles. The van der Waals surface area contributed by atoms with Crippen molar-refractivity contribution in [1.29, 1.82) is 0 Å². The molecule has 31 heavy (non-hydrogen) atoms.